The minimum Gasteiger partial charge on any atom is -0.343 e. The van der Waals surface area contributed by atoms with Crippen molar-refractivity contribution in [3.05, 3.63) is 33.8 Å². The van der Waals surface area contributed by atoms with Crippen LogP contribution in [0.15, 0.2) is 18.2 Å². The topological polar surface area (TPSA) is 58.6 Å². The van der Waals surface area contributed by atoms with Crippen molar-refractivity contribution in [3.63, 3.8) is 0 Å². The molecule has 7 heteroatoms. The van der Waals surface area contributed by atoms with E-state index >= 15 is 0 Å². The summed E-state index contributed by atoms with van der Waals surface area (Å²) < 4.78 is 0. The van der Waals surface area contributed by atoms with Gasteiger partial charge in [0, 0.05) is 23.1 Å². The normalized spacial score (nSPS) is 24.2. The molecule has 1 aromatic carbocycles. The van der Waals surface area contributed by atoms with Gasteiger partial charge in [0.2, 0.25) is 5.91 Å². The van der Waals surface area contributed by atoms with E-state index < -0.39 is 11.5 Å². The van der Waals surface area contributed by atoms with Crippen LogP contribution in [0, 0.1) is 0 Å². The summed E-state index contributed by atoms with van der Waals surface area (Å²) in [6, 6.07) is 4.86. The van der Waals surface area contributed by atoms with Crippen LogP contribution in [0.1, 0.15) is 31.2 Å². The van der Waals surface area contributed by atoms with E-state index in [0.717, 1.165) is 0 Å². The third-order valence-corrected chi connectivity index (χ3v) is 5.08. The molecule has 0 aliphatic carbocycles. The van der Waals surface area contributed by atoms with Crippen LogP contribution in [-0.4, -0.2) is 42.0 Å². The number of benzene rings is 1. The minimum atomic E-state index is -0.863. The molecule has 1 aromatic rings. The summed E-state index contributed by atoms with van der Waals surface area (Å²) in [5.74, 6) is -1.26. The summed E-state index contributed by atoms with van der Waals surface area (Å²) in [6.45, 7) is 3.74. The molecule has 23 heavy (non-hydrogen) atoms. The van der Waals surface area contributed by atoms with Gasteiger partial charge in [0.15, 0.2) is 5.78 Å². The van der Waals surface area contributed by atoms with Crippen molar-refractivity contribution >= 4 is 34.9 Å². The van der Waals surface area contributed by atoms with E-state index in [9.17, 15) is 9.59 Å². The highest BCUT2D eigenvalue weighted by Gasteiger charge is 2.54. The fourth-order valence-electron chi connectivity index (χ4n) is 3.33. The van der Waals surface area contributed by atoms with E-state index in [1.807, 2.05) is 12.0 Å². The highest BCUT2D eigenvalue weighted by atomic mass is 35.5. The van der Waals surface area contributed by atoms with Crippen molar-refractivity contribution < 1.29 is 14.4 Å². The summed E-state index contributed by atoms with van der Waals surface area (Å²) in [5.41, 5.74) is -0.291. The van der Waals surface area contributed by atoms with Crippen molar-refractivity contribution in [1.82, 2.24) is 10.4 Å². The number of carbonyl (C=O) groups excluding carboxylic acids is 2. The second-order valence-corrected chi connectivity index (χ2v) is 6.72. The Hall–Kier alpha value is -1.14. The van der Waals surface area contributed by atoms with Gasteiger partial charge < -0.3 is 5.32 Å². The SMILES string of the molecule is CCON1CCC2(CC1)NC(=O)C(c1ccc(Cl)cc1Cl)C2=O. The van der Waals surface area contributed by atoms with Gasteiger partial charge in [-0.15, -0.1) is 0 Å². The Morgan fingerprint density at radius 3 is 2.61 bits per heavy atom. The Bertz CT molecular complexity index is 642. The number of hydroxylamine groups is 2. The maximum atomic E-state index is 13.0. The molecule has 1 unspecified atom stereocenters. The van der Waals surface area contributed by atoms with Crippen LogP contribution < -0.4 is 5.32 Å². The first-order valence-corrected chi connectivity index (χ1v) is 8.41. The number of amides is 1. The number of hydrogen-bond acceptors (Lipinski definition) is 4. The first-order chi connectivity index (χ1) is 11.0. The number of carbonyl (C=O) groups is 2. The molecule has 1 N–H and O–H groups in total. The van der Waals surface area contributed by atoms with E-state index in [1.165, 1.54) is 0 Å². The maximum absolute atomic E-state index is 13.0. The van der Waals surface area contributed by atoms with Gasteiger partial charge >= 0.3 is 0 Å². The van der Waals surface area contributed by atoms with Crippen molar-refractivity contribution in [1.29, 1.82) is 0 Å². The standard InChI is InChI=1S/C16H18Cl2N2O3/c1-2-23-20-7-5-16(6-8-20)14(21)13(15(22)19-16)11-4-3-10(17)9-12(11)18/h3-4,9,13H,2,5-8H2,1H3,(H,19,22). The Morgan fingerprint density at radius 1 is 1.30 bits per heavy atom. The number of ketones is 1. The molecule has 2 aliphatic heterocycles. The van der Waals surface area contributed by atoms with Gasteiger partial charge in [-0.25, -0.2) is 0 Å². The lowest BCUT2D eigenvalue weighted by molar-refractivity contribution is -0.174. The van der Waals surface area contributed by atoms with E-state index in [1.54, 1.807) is 18.2 Å². The zero-order valence-corrected chi connectivity index (χ0v) is 14.3. The summed E-state index contributed by atoms with van der Waals surface area (Å²) in [4.78, 5) is 30.9. The van der Waals surface area contributed by atoms with Crippen LogP contribution in [0.25, 0.3) is 0 Å². The lowest BCUT2D eigenvalue weighted by Crippen LogP contribution is -2.54. The maximum Gasteiger partial charge on any atom is 0.236 e. The molecule has 5 nitrogen and oxygen atoms in total. The number of nitrogens with one attached hydrogen (secondary N) is 1. The number of nitrogens with zero attached hydrogens (tertiary/aromatic N) is 1. The number of Topliss-reactive ketones (excluding diaryl/α,β-unsaturated/α-hetero) is 1. The van der Waals surface area contributed by atoms with E-state index in [0.29, 0.717) is 48.1 Å². The van der Waals surface area contributed by atoms with Gasteiger partial charge in [0.1, 0.15) is 11.5 Å². The van der Waals surface area contributed by atoms with Gasteiger partial charge in [-0.05, 0) is 37.5 Å². The number of hydrogen-bond donors (Lipinski definition) is 1. The Balaban J connectivity index is 1.83. The molecule has 1 spiro atoms. The molecule has 2 saturated heterocycles. The zero-order chi connectivity index (χ0) is 16.6. The quantitative estimate of drug-likeness (QED) is 0.845. The highest BCUT2D eigenvalue weighted by Crippen LogP contribution is 2.39. The van der Waals surface area contributed by atoms with Crippen molar-refractivity contribution in [3.8, 4) is 0 Å². The molecule has 2 fully saturated rings. The third-order valence-electron chi connectivity index (χ3n) is 4.52. The summed E-state index contributed by atoms with van der Waals surface area (Å²) in [5, 5.41) is 5.57. The molecule has 0 radical (unpaired) electrons. The Morgan fingerprint density at radius 2 is 2.00 bits per heavy atom. The molecular formula is C16H18Cl2N2O3. The number of halogens is 2. The molecular weight excluding hydrogens is 339 g/mol. The molecule has 0 saturated carbocycles. The van der Waals surface area contributed by atoms with Crippen LogP contribution in [0.2, 0.25) is 10.0 Å². The van der Waals surface area contributed by atoms with Crippen LogP contribution >= 0.6 is 23.2 Å². The van der Waals surface area contributed by atoms with Crippen LogP contribution in [0.3, 0.4) is 0 Å². The second kappa shape index (κ2) is 6.40. The predicted molar refractivity (Wildman–Crippen MR) is 87.5 cm³/mol. The minimum absolute atomic E-state index is 0.108. The van der Waals surface area contributed by atoms with Crippen molar-refractivity contribution in [2.24, 2.45) is 0 Å². The molecule has 1 atom stereocenters. The molecule has 2 aliphatic rings. The molecule has 0 bridgehead atoms. The van der Waals surface area contributed by atoms with Gasteiger partial charge in [-0.2, -0.15) is 5.06 Å². The fraction of sp³-hybridized carbons (Fsp3) is 0.500. The average molecular weight is 357 g/mol. The second-order valence-electron chi connectivity index (χ2n) is 5.88. The molecule has 124 valence electrons. The van der Waals surface area contributed by atoms with Crippen molar-refractivity contribution in [2.45, 2.75) is 31.2 Å². The lowest BCUT2D eigenvalue weighted by atomic mass is 9.81. The smallest absolute Gasteiger partial charge is 0.236 e. The number of rotatable bonds is 3. The van der Waals surface area contributed by atoms with Gasteiger partial charge in [-0.1, -0.05) is 29.3 Å². The zero-order valence-electron chi connectivity index (χ0n) is 12.8. The Labute approximate surface area is 144 Å². The lowest BCUT2D eigenvalue weighted by Gasteiger charge is -2.37. The van der Waals surface area contributed by atoms with Crippen LogP contribution in [0.5, 0.6) is 0 Å². The van der Waals surface area contributed by atoms with Crippen molar-refractivity contribution in [2.75, 3.05) is 19.7 Å². The summed E-state index contributed by atoms with van der Waals surface area (Å²) in [6.07, 6.45) is 1.08. The number of piperidine rings is 1. The molecule has 0 aromatic heterocycles. The highest BCUT2D eigenvalue weighted by molar-refractivity contribution is 6.36. The Kier molecular flexibility index (Phi) is 4.65. The van der Waals surface area contributed by atoms with Crippen LogP contribution in [-0.2, 0) is 14.4 Å². The van der Waals surface area contributed by atoms with Gasteiger partial charge in [0.05, 0.1) is 6.61 Å². The van der Waals surface area contributed by atoms with Gasteiger partial charge in [0.25, 0.3) is 0 Å². The molecule has 3 rings (SSSR count). The van der Waals surface area contributed by atoms with E-state index in [4.69, 9.17) is 28.0 Å². The van der Waals surface area contributed by atoms with E-state index in [-0.39, 0.29) is 11.7 Å². The third kappa shape index (κ3) is 2.98. The van der Waals surface area contributed by atoms with Gasteiger partial charge in [-0.3, -0.25) is 14.4 Å². The molecule has 2 heterocycles. The van der Waals surface area contributed by atoms with Crippen LogP contribution in [0.4, 0.5) is 0 Å². The fourth-order valence-corrected chi connectivity index (χ4v) is 3.85. The monoisotopic (exact) mass is 356 g/mol. The largest absolute Gasteiger partial charge is 0.343 e. The first kappa shape index (κ1) is 16.7. The van der Waals surface area contributed by atoms with E-state index in [2.05, 4.69) is 5.32 Å². The summed E-state index contributed by atoms with van der Waals surface area (Å²) >= 11 is 12.1. The predicted octanol–water partition coefficient (Wildman–Crippen LogP) is 2.56. The molecule has 1 amide bonds. The summed E-state index contributed by atoms with van der Waals surface area (Å²) in [7, 11) is 0. The average Bonchev–Trinajstić information content (AvgIpc) is 2.74. The first-order valence-electron chi connectivity index (χ1n) is 7.66.